The summed E-state index contributed by atoms with van der Waals surface area (Å²) in [6.07, 6.45) is 1.36. The van der Waals surface area contributed by atoms with Crippen LogP contribution in [0, 0.1) is 6.92 Å². The number of anilines is 1. The second-order valence-corrected chi connectivity index (χ2v) is 4.80. The van der Waals surface area contributed by atoms with Gasteiger partial charge in [-0.05, 0) is 36.8 Å². The Morgan fingerprint density at radius 1 is 1.30 bits per heavy atom. The lowest BCUT2D eigenvalue weighted by Crippen LogP contribution is -2.13. The lowest BCUT2D eigenvalue weighted by molar-refractivity contribution is -0.142. The molecule has 1 aromatic heterocycles. The minimum absolute atomic E-state index is 0.168. The van der Waals surface area contributed by atoms with E-state index >= 15 is 0 Å². The maximum Gasteiger partial charge on any atom is 0.343 e. The Bertz CT molecular complexity index is 708. The molecule has 0 unspecified atom stereocenters. The molecule has 0 spiro atoms. The highest BCUT2D eigenvalue weighted by molar-refractivity contribution is 6.04. The smallest absolute Gasteiger partial charge is 0.343 e. The van der Waals surface area contributed by atoms with Crippen LogP contribution >= 0.6 is 0 Å². The van der Waals surface area contributed by atoms with Crippen molar-refractivity contribution >= 4 is 17.6 Å². The fourth-order valence-corrected chi connectivity index (χ4v) is 1.87. The van der Waals surface area contributed by atoms with Gasteiger partial charge in [0, 0.05) is 5.69 Å². The second kappa shape index (κ2) is 7.46. The van der Waals surface area contributed by atoms with E-state index in [4.69, 9.17) is 14.9 Å². The minimum atomic E-state index is -0.462. The molecule has 0 saturated heterocycles. The molecular formula is C16H18N2O5. The van der Waals surface area contributed by atoms with E-state index in [9.17, 15) is 9.59 Å². The van der Waals surface area contributed by atoms with E-state index in [0.717, 1.165) is 5.56 Å². The van der Waals surface area contributed by atoms with Crippen molar-refractivity contribution in [1.29, 1.82) is 0 Å². The average Bonchev–Trinajstić information content (AvgIpc) is 3.04. The van der Waals surface area contributed by atoms with Gasteiger partial charge in [-0.2, -0.15) is 0 Å². The molecule has 0 aliphatic carbocycles. The first-order valence-electron chi connectivity index (χ1n) is 6.92. The highest BCUT2D eigenvalue weighted by atomic mass is 16.6. The van der Waals surface area contributed by atoms with Crippen LogP contribution in [-0.4, -0.2) is 25.6 Å². The third-order valence-corrected chi connectivity index (χ3v) is 3.15. The van der Waals surface area contributed by atoms with Crippen molar-refractivity contribution in [2.45, 2.75) is 13.5 Å². The van der Waals surface area contributed by atoms with E-state index in [1.165, 1.54) is 13.4 Å². The van der Waals surface area contributed by atoms with E-state index < -0.39 is 5.97 Å². The molecule has 2 rings (SSSR count). The third kappa shape index (κ3) is 4.33. The molecule has 0 radical (unpaired) electrons. The van der Waals surface area contributed by atoms with Gasteiger partial charge in [0.15, 0.2) is 6.61 Å². The SMILES string of the molecule is COC(=O)COc1ccc(NC(=O)c2coc(CN)c2)c(C)c1. The molecule has 0 fully saturated rings. The van der Waals surface area contributed by atoms with Gasteiger partial charge in [-0.3, -0.25) is 4.79 Å². The van der Waals surface area contributed by atoms with Gasteiger partial charge in [0.05, 0.1) is 19.2 Å². The summed E-state index contributed by atoms with van der Waals surface area (Å²) in [5.74, 6) is 0.300. The lowest BCUT2D eigenvalue weighted by atomic mass is 10.2. The molecule has 1 amide bonds. The van der Waals surface area contributed by atoms with Crippen LogP contribution in [-0.2, 0) is 16.1 Å². The highest BCUT2D eigenvalue weighted by Crippen LogP contribution is 2.22. The van der Waals surface area contributed by atoms with Crippen molar-refractivity contribution in [2.75, 3.05) is 19.0 Å². The van der Waals surface area contributed by atoms with Gasteiger partial charge in [0.1, 0.15) is 17.8 Å². The van der Waals surface area contributed by atoms with Gasteiger partial charge in [0.2, 0.25) is 0 Å². The summed E-state index contributed by atoms with van der Waals surface area (Å²) in [7, 11) is 1.29. The maximum atomic E-state index is 12.1. The molecule has 0 aliphatic heterocycles. The van der Waals surface area contributed by atoms with Gasteiger partial charge < -0.3 is 24.9 Å². The molecule has 7 nitrogen and oxygen atoms in total. The number of nitrogens with two attached hydrogens (primary N) is 1. The Hall–Kier alpha value is -2.80. The van der Waals surface area contributed by atoms with Gasteiger partial charge in [-0.15, -0.1) is 0 Å². The molecule has 1 aromatic carbocycles. The zero-order valence-electron chi connectivity index (χ0n) is 12.9. The Labute approximate surface area is 133 Å². The number of carbonyl (C=O) groups is 2. The summed E-state index contributed by atoms with van der Waals surface area (Å²) >= 11 is 0. The van der Waals surface area contributed by atoms with E-state index in [2.05, 4.69) is 10.1 Å². The van der Waals surface area contributed by atoms with Gasteiger partial charge in [-0.1, -0.05) is 0 Å². The van der Waals surface area contributed by atoms with Gasteiger partial charge >= 0.3 is 5.97 Å². The number of nitrogens with one attached hydrogen (secondary N) is 1. The van der Waals surface area contributed by atoms with E-state index in [-0.39, 0.29) is 19.1 Å². The number of amides is 1. The molecule has 122 valence electrons. The Morgan fingerprint density at radius 3 is 2.70 bits per heavy atom. The Kier molecular flexibility index (Phi) is 5.37. The molecule has 2 aromatic rings. The van der Waals surface area contributed by atoms with Crippen molar-refractivity contribution in [3.05, 3.63) is 47.4 Å². The van der Waals surface area contributed by atoms with Gasteiger partial charge in [0.25, 0.3) is 5.91 Å². The first-order valence-corrected chi connectivity index (χ1v) is 6.92. The summed E-state index contributed by atoms with van der Waals surface area (Å²) < 4.78 is 14.9. The number of benzene rings is 1. The van der Waals surface area contributed by atoms with Crippen molar-refractivity contribution in [1.82, 2.24) is 0 Å². The lowest BCUT2D eigenvalue weighted by Gasteiger charge is -2.10. The number of aryl methyl sites for hydroxylation is 1. The van der Waals surface area contributed by atoms with Crippen molar-refractivity contribution < 1.29 is 23.5 Å². The predicted octanol–water partition coefficient (Wildman–Crippen LogP) is 1.85. The summed E-state index contributed by atoms with van der Waals surface area (Å²) in [6, 6.07) is 6.67. The van der Waals surface area contributed by atoms with Crippen molar-refractivity contribution in [3.8, 4) is 5.75 Å². The molecule has 0 bridgehead atoms. The zero-order valence-corrected chi connectivity index (χ0v) is 12.9. The molecule has 23 heavy (non-hydrogen) atoms. The van der Waals surface area contributed by atoms with Crippen molar-refractivity contribution in [3.63, 3.8) is 0 Å². The van der Waals surface area contributed by atoms with Crippen LogP contribution in [0.3, 0.4) is 0 Å². The predicted molar refractivity (Wildman–Crippen MR) is 83.2 cm³/mol. The molecule has 0 atom stereocenters. The van der Waals surface area contributed by atoms with Crippen LogP contribution in [0.4, 0.5) is 5.69 Å². The van der Waals surface area contributed by atoms with Gasteiger partial charge in [-0.25, -0.2) is 4.79 Å². The minimum Gasteiger partial charge on any atom is -0.482 e. The first-order chi connectivity index (χ1) is 11.0. The summed E-state index contributed by atoms with van der Waals surface area (Å²) in [6.45, 7) is 1.89. The Morgan fingerprint density at radius 2 is 2.09 bits per heavy atom. The van der Waals surface area contributed by atoms with Crippen LogP contribution in [0.25, 0.3) is 0 Å². The number of methoxy groups -OCH3 is 1. The highest BCUT2D eigenvalue weighted by Gasteiger charge is 2.12. The van der Waals surface area contributed by atoms with E-state index in [1.54, 1.807) is 24.3 Å². The largest absolute Gasteiger partial charge is 0.482 e. The molecule has 7 heteroatoms. The second-order valence-electron chi connectivity index (χ2n) is 4.80. The van der Waals surface area contributed by atoms with Crippen LogP contribution < -0.4 is 15.8 Å². The number of furan rings is 1. The number of esters is 1. The maximum absolute atomic E-state index is 12.1. The van der Waals surface area contributed by atoms with E-state index in [0.29, 0.717) is 22.8 Å². The first kappa shape index (κ1) is 16.6. The topological polar surface area (TPSA) is 104 Å². The third-order valence-electron chi connectivity index (χ3n) is 3.15. The Balaban J connectivity index is 2.02. The van der Waals surface area contributed by atoms with Crippen LogP contribution in [0.5, 0.6) is 5.75 Å². The standard InChI is InChI=1S/C16H18N2O5/c1-10-5-12(23-9-15(19)21-2)3-4-14(10)18-16(20)11-6-13(7-17)22-8-11/h3-6,8H,7,9,17H2,1-2H3,(H,18,20). The van der Waals surface area contributed by atoms with Crippen LogP contribution in [0.2, 0.25) is 0 Å². The van der Waals surface area contributed by atoms with Crippen LogP contribution in [0.1, 0.15) is 21.7 Å². The quantitative estimate of drug-likeness (QED) is 0.788. The fourth-order valence-electron chi connectivity index (χ4n) is 1.87. The van der Waals surface area contributed by atoms with Crippen molar-refractivity contribution in [2.24, 2.45) is 5.73 Å². The monoisotopic (exact) mass is 318 g/mol. The number of carbonyl (C=O) groups excluding carboxylic acids is 2. The summed E-state index contributed by atoms with van der Waals surface area (Å²) in [5.41, 5.74) is 7.27. The molecule has 1 heterocycles. The number of rotatable bonds is 6. The average molecular weight is 318 g/mol. The normalized spacial score (nSPS) is 10.2. The summed E-state index contributed by atoms with van der Waals surface area (Å²) in [5, 5.41) is 2.78. The number of hydrogen-bond acceptors (Lipinski definition) is 6. The molecule has 0 saturated carbocycles. The molecule has 3 N–H and O–H groups in total. The zero-order chi connectivity index (χ0) is 16.8. The fraction of sp³-hybridized carbons (Fsp3) is 0.250. The molecule has 0 aliphatic rings. The molecular weight excluding hydrogens is 300 g/mol. The number of hydrogen-bond donors (Lipinski definition) is 2. The number of ether oxygens (including phenoxy) is 2. The summed E-state index contributed by atoms with van der Waals surface area (Å²) in [4.78, 5) is 23.2. The van der Waals surface area contributed by atoms with Crippen LogP contribution in [0.15, 0.2) is 34.9 Å². The van der Waals surface area contributed by atoms with E-state index in [1.807, 2.05) is 6.92 Å².